The highest BCUT2D eigenvalue weighted by atomic mass is 16.6. The van der Waals surface area contributed by atoms with Crippen LogP contribution in [0.25, 0.3) is 0 Å². The molecule has 0 heterocycles. The van der Waals surface area contributed by atoms with Crippen molar-refractivity contribution in [1.82, 2.24) is 5.01 Å². The molecule has 74 valence electrons. The van der Waals surface area contributed by atoms with E-state index >= 15 is 0 Å². The molecule has 0 aliphatic rings. The van der Waals surface area contributed by atoms with Crippen LogP contribution in [-0.4, -0.2) is 17.6 Å². The Morgan fingerprint density at radius 1 is 1.50 bits per heavy atom. The zero-order valence-corrected chi connectivity index (χ0v) is 7.72. The van der Waals surface area contributed by atoms with Crippen LogP contribution >= 0.6 is 0 Å². The molecule has 1 aromatic carbocycles. The van der Waals surface area contributed by atoms with E-state index in [2.05, 4.69) is 6.58 Å². The SMILES string of the molecule is C=CCN(N)C(=O)Oc1ccccc1. The number of carbonyl (C=O) groups is 1. The molecule has 1 aromatic rings. The van der Waals surface area contributed by atoms with Crippen molar-refractivity contribution in [3.05, 3.63) is 43.0 Å². The van der Waals surface area contributed by atoms with Crippen molar-refractivity contribution in [2.75, 3.05) is 6.54 Å². The molecule has 1 amide bonds. The number of nitrogens with zero attached hydrogens (tertiary/aromatic N) is 1. The Hall–Kier alpha value is -1.81. The Morgan fingerprint density at radius 3 is 2.71 bits per heavy atom. The predicted octanol–water partition coefficient (Wildman–Crippen LogP) is 1.55. The van der Waals surface area contributed by atoms with E-state index in [0.29, 0.717) is 5.75 Å². The highest BCUT2D eigenvalue weighted by Crippen LogP contribution is 2.08. The van der Waals surface area contributed by atoms with Crippen LogP contribution < -0.4 is 10.6 Å². The lowest BCUT2D eigenvalue weighted by Gasteiger charge is -2.13. The van der Waals surface area contributed by atoms with Gasteiger partial charge in [-0.25, -0.2) is 15.6 Å². The molecule has 0 aliphatic carbocycles. The van der Waals surface area contributed by atoms with E-state index in [-0.39, 0.29) is 6.54 Å². The van der Waals surface area contributed by atoms with Gasteiger partial charge in [0.1, 0.15) is 5.75 Å². The number of carbonyl (C=O) groups excluding carboxylic acids is 1. The maximum atomic E-state index is 11.2. The lowest BCUT2D eigenvalue weighted by molar-refractivity contribution is 0.158. The molecular weight excluding hydrogens is 180 g/mol. The third-order valence-corrected chi connectivity index (χ3v) is 1.51. The number of hydrogen-bond acceptors (Lipinski definition) is 3. The summed E-state index contributed by atoms with van der Waals surface area (Å²) in [6.45, 7) is 3.72. The van der Waals surface area contributed by atoms with Crippen molar-refractivity contribution < 1.29 is 9.53 Å². The fraction of sp³-hybridized carbons (Fsp3) is 0.100. The Labute approximate surface area is 82.5 Å². The summed E-state index contributed by atoms with van der Waals surface area (Å²) in [6.07, 6.45) is 0.919. The van der Waals surface area contributed by atoms with Gasteiger partial charge in [-0.1, -0.05) is 24.3 Å². The van der Waals surface area contributed by atoms with Gasteiger partial charge < -0.3 is 4.74 Å². The molecule has 0 radical (unpaired) electrons. The van der Waals surface area contributed by atoms with Gasteiger partial charge in [0.15, 0.2) is 0 Å². The third kappa shape index (κ3) is 2.91. The second-order valence-electron chi connectivity index (χ2n) is 2.62. The number of hydrazine groups is 1. The smallest absolute Gasteiger partial charge is 0.409 e. The maximum absolute atomic E-state index is 11.2. The van der Waals surface area contributed by atoms with Crippen molar-refractivity contribution in [2.45, 2.75) is 0 Å². The normalized spacial score (nSPS) is 9.21. The van der Waals surface area contributed by atoms with E-state index in [1.165, 1.54) is 6.08 Å². The van der Waals surface area contributed by atoms with Crippen molar-refractivity contribution in [3.8, 4) is 5.75 Å². The van der Waals surface area contributed by atoms with E-state index in [4.69, 9.17) is 10.6 Å². The summed E-state index contributed by atoms with van der Waals surface area (Å²) in [5.41, 5.74) is 0. The molecule has 0 atom stereocenters. The van der Waals surface area contributed by atoms with Crippen LogP contribution in [0.15, 0.2) is 43.0 Å². The number of ether oxygens (including phenoxy) is 1. The first-order valence-electron chi connectivity index (χ1n) is 4.14. The molecule has 0 aliphatic heterocycles. The van der Waals surface area contributed by atoms with Gasteiger partial charge in [0.05, 0.1) is 6.54 Å². The Kier molecular flexibility index (Phi) is 3.69. The van der Waals surface area contributed by atoms with Gasteiger partial charge in [-0.05, 0) is 12.1 Å². The van der Waals surface area contributed by atoms with Crippen molar-refractivity contribution in [3.63, 3.8) is 0 Å². The fourth-order valence-corrected chi connectivity index (χ4v) is 0.862. The highest BCUT2D eigenvalue weighted by molar-refractivity contribution is 5.70. The summed E-state index contributed by atoms with van der Waals surface area (Å²) in [5, 5.41) is 0.944. The van der Waals surface area contributed by atoms with Crippen LogP contribution in [0.1, 0.15) is 0 Å². The monoisotopic (exact) mass is 192 g/mol. The maximum Gasteiger partial charge on any atom is 0.429 e. The quantitative estimate of drug-likeness (QED) is 0.342. The number of para-hydroxylation sites is 1. The summed E-state index contributed by atoms with van der Waals surface area (Å²) < 4.78 is 4.94. The van der Waals surface area contributed by atoms with Gasteiger partial charge in [0.2, 0.25) is 0 Å². The van der Waals surface area contributed by atoms with E-state index in [1.54, 1.807) is 24.3 Å². The third-order valence-electron chi connectivity index (χ3n) is 1.51. The minimum atomic E-state index is -0.601. The standard InChI is InChI=1S/C10H12N2O2/c1-2-8-12(11)10(13)14-9-6-4-3-5-7-9/h2-7H,1,8,11H2. The van der Waals surface area contributed by atoms with E-state index < -0.39 is 6.09 Å². The lowest BCUT2D eigenvalue weighted by atomic mass is 10.3. The van der Waals surface area contributed by atoms with Crippen LogP contribution in [0.4, 0.5) is 4.79 Å². The molecule has 0 saturated heterocycles. The largest absolute Gasteiger partial charge is 0.429 e. The van der Waals surface area contributed by atoms with Crippen LogP contribution in [-0.2, 0) is 0 Å². The first-order valence-corrected chi connectivity index (χ1v) is 4.14. The van der Waals surface area contributed by atoms with Crippen LogP contribution in [0.2, 0.25) is 0 Å². The van der Waals surface area contributed by atoms with E-state index in [1.807, 2.05) is 6.07 Å². The molecule has 0 saturated carbocycles. The molecule has 14 heavy (non-hydrogen) atoms. The summed E-state index contributed by atoms with van der Waals surface area (Å²) in [7, 11) is 0. The molecule has 1 rings (SSSR count). The average Bonchev–Trinajstić information content (AvgIpc) is 2.19. The van der Waals surface area contributed by atoms with Gasteiger partial charge in [-0.3, -0.25) is 0 Å². The first kappa shape index (κ1) is 10.3. The summed E-state index contributed by atoms with van der Waals surface area (Å²) in [4.78, 5) is 11.2. The van der Waals surface area contributed by atoms with Gasteiger partial charge in [-0.2, -0.15) is 0 Å². The lowest BCUT2D eigenvalue weighted by Crippen LogP contribution is -2.39. The summed E-state index contributed by atoms with van der Waals surface area (Å²) >= 11 is 0. The zero-order valence-electron chi connectivity index (χ0n) is 7.72. The number of nitrogens with two attached hydrogens (primary N) is 1. The first-order chi connectivity index (χ1) is 6.74. The minimum Gasteiger partial charge on any atom is -0.409 e. The fourth-order valence-electron chi connectivity index (χ4n) is 0.862. The molecule has 0 bridgehead atoms. The molecule has 2 N–H and O–H groups in total. The van der Waals surface area contributed by atoms with Crippen LogP contribution in [0, 0.1) is 0 Å². The van der Waals surface area contributed by atoms with Crippen LogP contribution in [0.5, 0.6) is 5.75 Å². The minimum absolute atomic E-state index is 0.256. The average molecular weight is 192 g/mol. The molecular formula is C10H12N2O2. The van der Waals surface area contributed by atoms with E-state index in [9.17, 15) is 4.79 Å². The molecule has 0 fully saturated rings. The Balaban J connectivity index is 2.53. The number of rotatable bonds is 3. The Bertz CT molecular complexity index is 311. The summed E-state index contributed by atoms with van der Waals surface area (Å²) in [6, 6.07) is 8.74. The molecule has 0 aromatic heterocycles. The predicted molar refractivity (Wildman–Crippen MR) is 53.6 cm³/mol. The van der Waals surface area contributed by atoms with Gasteiger partial charge in [0.25, 0.3) is 0 Å². The number of amides is 1. The summed E-state index contributed by atoms with van der Waals surface area (Å²) in [5.74, 6) is 5.83. The number of hydrogen-bond donors (Lipinski definition) is 1. The second kappa shape index (κ2) is 5.04. The Morgan fingerprint density at radius 2 is 2.14 bits per heavy atom. The van der Waals surface area contributed by atoms with Gasteiger partial charge >= 0.3 is 6.09 Å². The topological polar surface area (TPSA) is 55.6 Å². The van der Waals surface area contributed by atoms with Crippen molar-refractivity contribution in [1.29, 1.82) is 0 Å². The van der Waals surface area contributed by atoms with Gasteiger partial charge in [-0.15, -0.1) is 6.58 Å². The number of benzene rings is 1. The van der Waals surface area contributed by atoms with Crippen molar-refractivity contribution in [2.24, 2.45) is 5.84 Å². The second-order valence-corrected chi connectivity index (χ2v) is 2.62. The molecule has 4 nitrogen and oxygen atoms in total. The van der Waals surface area contributed by atoms with Crippen molar-refractivity contribution >= 4 is 6.09 Å². The highest BCUT2D eigenvalue weighted by Gasteiger charge is 2.09. The van der Waals surface area contributed by atoms with Gasteiger partial charge in [0, 0.05) is 0 Å². The molecule has 0 unspecified atom stereocenters. The molecule has 0 spiro atoms. The van der Waals surface area contributed by atoms with E-state index in [0.717, 1.165) is 5.01 Å². The van der Waals surface area contributed by atoms with Crippen LogP contribution in [0.3, 0.4) is 0 Å². The molecule has 4 heteroatoms. The zero-order chi connectivity index (χ0) is 10.4.